The Morgan fingerprint density at radius 3 is 2.50 bits per heavy atom. The molecule has 1 amide bonds. The lowest BCUT2D eigenvalue weighted by molar-refractivity contribution is -0.133. The second kappa shape index (κ2) is 5.00. The molecule has 0 aromatic carbocycles. The van der Waals surface area contributed by atoms with Crippen LogP contribution in [0.3, 0.4) is 0 Å². The van der Waals surface area contributed by atoms with Crippen molar-refractivity contribution in [3.05, 3.63) is 0 Å². The molecule has 102 valence electrons. The van der Waals surface area contributed by atoms with Crippen molar-refractivity contribution in [1.29, 1.82) is 0 Å². The zero-order chi connectivity index (χ0) is 13.3. The lowest BCUT2D eigenvalue weighted by Gasteiger charge is -2.27. The van der Waals surface area contributed by atoms with Crippen molar-refractivity contribution >= 4 is 11.6 Å². The van der Waals surface area contributed by atoms with Gasteiger partial charge in [-0.05, 0) is 12.8 Å². The molecular formula is C14H24N2O2. The van der Waals surface area contributed by atoms with Gasteiger partial charge in [0.2, 0.25) is 5.91 Å². The predicted octanol–water partition coefficient (Wildman–Crippen LogP) is 2.31. The Balaban J connectivity index is 2.16. The van der Waals surface area contributed by atoms with E-state index in [-0.39, 0.29) is 17.4 Å². The summed E-state index contributed by atoms with van der Waals surface area (Å²) in [6.07, 6.45) is 4.92. The number of carbonyl (C=O) groups excluding carboxylic acids is 1. The molecule has 4 heteroatoms. The molecule has 1 N–H and O–H groups in total. The summed E-state index contributed by atoms with van der Waals surface area (Å²) in [7, 11) is 0. The Morgan fingerprint density at radius 1 is 1.22 bits per heavy atom. The molecule has 1 heterocycles. The van der Waals surface area contributed by atoms with E-state index in [1.54, 1.807) is 5.01 Å². The molecule has 2 aliphatic rings. The zero-order valence-electron chi connectivity index (χ0n) is 11.6. The fourth-order valence-electron chi connectivity index (χ4n) is 2.67. The van der Waals surface area contributed by atoms with Crippen LogP contribution in [0.15, 0.2) is 5.10 Å². The lowest BCUT2D eigenvalue weighted by atomic mass is 9.88. The predicted molar refractivity (Wildman–Crippen MR) is 71.2 cm³/mol. The second-order valence-electron chi connectivity index (χ2n) is 6.48. The number of nitrogens with zero attached hydrogens (tertiary/aromatic N) is 2. The monoisotopic (exact) mass is 252 g/mol. The molecule has 0 saturated heterocycles. The number of rotatable bonds is 1. The van der Waals surface area contributed by atoms with Gasteiger partial charge in [-0.25, -0.2) is 5.01 Å². The van der Waals surface area contributed by atoms with Crippen LogP contribution in [0.4, 0.5) is 0 Å². The number of aliphatic hydroxyl groups excluding tert-OH is 1. The maximum Gasteiger partial charge on any atom is 0.248 e. The van der Waals surface area contributed by atoms with Crippen LogP contribution in [-0.4, -0.2) is 33.9 Å². The van der Waals surface area contributed by atoms with Gasteiger partial charge in [0.05, 0.1) is 24.3 Å². The third kappa shape index (κ3) is 2.74. The van der Waals surface area contributed by atoms with Gasteiger partial charge in [0.15, 0.2) is 0 Å². The van der Waals surface area contributed by atoms with Crippen molar-refractivity contribution < 1.29 is 9.90 Å². The zero-order valence-corrected chi connectivity index (χ0v) is 11.6. The molecule has 0 aromatic rings. The first-order valence-corrected chi connectivity index (χ1v) is 6.97. The number of aliphatic hydroxyl groups is 1. The summed E-state index contributed by atoms with van der Waals surface area (Å²) in [6, 6.07) is -0.111. The first-order valence-electron chi connectivity index (χ1n) is 6.97. The maximum absolute atomic E-state index is 12.1. The highest BCUT2D eigenvalue weighted by atomic mass is 16.3. The minimum Gasteiger partial charge on any atom is -0.391 e. The number of hydrogen-bond donors (Lipinski definition) is 1. The highest BCUT2D eigenvalue weighted by Crippen LogP contribution is 2.29. The Bertz CT molecular complexity index is 357. The molecule has 4 nitrogen and oxygen atoms in total. The minimum absolute atomic E-state index is 0.0471. The van der Waals surface area contributed by atoms with Crippen LogP contribution in [0.1, 0.15) is 59.3 Å². The first-order chi connectivity index (χ1) is 8.39. The summed E-state index contributed by atoms with van der Waals surface area (Å²) >= 11 is 0. The van der Waals surface area contributed by atoms with Crippen molar-refractivity contribution in [3.8, 4) is 0 Å². The van der Waals surface area contributed by atoms with Crippen LogP contribution < -0.4 is 0 Å². The highest BCUT2D eigenvalue weighted by molar-refractivity contribution is 6.07. The SMILES string of the molecule is CC(C)(C)C1=NN(C2CCCCCC2O)C(=O)C1. The summed E-state index contributed by atoms with van der Waals surface area (Å²) in [5.41, 5.74) is 0.865. The Labute approximate surface area is 109 Å². The van der Waals surface area contributed by atoms with Gasteiger partial charge in [-0.1, -0.05) is 40.0 Å². The van der Waals surface area contributed by atoms with Gasteiger partial charge in [0.25, 0.3) is 0 Å². The van der Waals surface area contributed by atoms with Gasteiger partial charge in [0, 0.05) is 5.41 Å². The van der Waals surface area contributed by atoms with Crippen molar-refractivity contribution in [2.75, 3.05) is 0 Å². The van der Waals surface area contributed by atoms with E-state index >= 15 is 0 Å². The lowest BCUT2D eigenvalue weighted by Crippen LogP contribution is -2.41. The van der Waals surface area contributed by atoms with E-state index in [2.05, 4.69) is 25.9 Å². The third-order valence-electron chi connectivity index (χ3n) is 3.93. The van der Waals surface area contributed by atoms with Crippen LogP contribution in [0.25, 0.3) is 0 Å². The van der Waals surface area contributed by atoms with Crippen LogP contribution in [0.2, 0.25) is 0 Å². The maximum atomic E-state index is 12.1. The fourth-order valence-corrected chi connectivity index (χ4v) is 2.67. The minimum atomic E-state index is -0.417. The molecule has 2 atom stereocenters. The van der Waals surface area contributed by atoms with E-state index in [0.717, 1.165) is 37.8 Å². The molecule has 1 aliphatic carbocycles. The largest absolute Gasteiger partial charge is 0.391 e. The van der Waals surface area contributed by atoms with Gasteiger partial charge in [-0.2, -0.15) is 5.10 Å². The summed E-state index contributed by atoms with van der Waals surface area (Å²) in [5, 5.41) is 16.2. The molecule has 1 saturated carbocycles. The molecule has 0 spiro atoms. The van der Waals surface area contributed by atoms with Crippen LogP contribution in [-0.2, 0) is 4.79 Å². The number of hydrogen-bond acceptors (Lipinski definition) is 3. The molecule has 2 unspecified atom stereocenters. The Morgan fingerprint density at radius 2 is 1.89 bits per heavy atom. The van der Waals surface area contributed by atoms with E-state index in [1.165, 1.54) is 0 Å². The van der Waals surface area contributed by atoms with E-state index < -0.39 is 6.10 Å². The van der Waals surface area contributed by atoms with Crippen molar-refractivity contribution in [2.45, 2.75) is 71.4 Å². The van der Waals surface area contributed by atoms with Gasteiger partial charge in [0.1, 0.15) is 0 Å². The summed E-state index contributed by atoms with van der Waals surface area (Å²) < 4.78 is 0. The quantitative estimate of drug-likeness (QED) is 0.728. The van der Waals surface area contributed by atoms with Crippen LogP contribution in [0, 0.1) is 5.41 Å². The van der Waals surface area contributed by atoms with E-state index in [9.17, 15) is 9.90 Å². The average molecular weight is 252 g/mol. The van der Waals surface area contributed by atoms with E-state index in [0.29, 0.717) is 6.42 Å². The van der Waals surface area contributed by atoms with Gasteiger partial charge in [-0.3, -0.25) is 4.79 Å². The molecular weight excluding hydrogens is 228 g/mol. The topological polar surface area (TPSA) is 52.9 Å². The van der Waals surface area contributed by atoms with Gasteiger partial charge >= 0.3 is 0 Å². The fraction of sp³-hybridized carbons (Fsp3) is 0.857. The summed E-state index contributed by atoms with van der Waals surface area (Å²) in [6.45, 7) is 6.23. The number of hydrazone groups is 1. The summed E-state index contributed by atoms with van der Waals surface area (Å²) in [4.78, 5) is 12.1. The van der Waals surface area contributed by atoms with Crippen LogP contribution >= 0.6 is 0 Å². The number of amides is 1. The van der Waals surface area contributed by atoms with Gasteiger partial charge < -0.3 is 5.11 Å². The van der Waals surface area contributed by atoms with Crippen LogP contribution in [0.5, 0.6) is 0 Å². The van der Waals surface area contributed by atoms with Crippen molar-refractivity contribution in [3.63, 3.8) is 0 Å². The molecule has 18 heavy (non-hydrogen) atoms. The number of carbonyl (C=O) groups is 1. The summed E-state index contributed by atoms with van der Waals surface area (Å²) in [5.74, 6) is 0.0471. The average Bonchev–Trinajstić information content (AvgIpc) is 2.52. The first kappa shape index (κ1) is 13.5. The normalized spacial score (nSPS) is 30.3. The van der Waals surface area contributed by atoms with Gasteiger partial charge in [-0.15, -0.1) is 0 Å². The third-order valence-corrected chi connectivity index (χ3v) is 3.93. The molecule has 2 rings (SSSR count). The van der Waals surface area contributed by atoms with Crippen molar-refractivity contribution in [2.24, 2.45) is 10.5 Å². The molecule has 0 aromatic heterocycles. The molecule has 1 fully saturated rings. The second-order valence-corrected chi connectivity index (χ2v) is 6.48. The standard InChI is InChI=1S/C14H24N2O2/c1-14(2,3)12-9-13(18)16(15-12)10-7-5-4-6-8-11(10)17/h10-11,17H,4-9H2,1-3H3. The Kier molecular flexibility index (Phi) is 3.76. The molecule has 0 radical (unpaired) electrons. The molecule has 0 bridgehead atoms. The van der Waals surface area contributed by atoms with Crippen molar-refractivity contribution in [1.82, 2.24) is 5.01 Å². The van der Waals surface area contributed by atoms with E-state index in [1.807, 2.05) is 0 Å². The smallest absolute Gasteiger partial charge is 0.248 e. The highest BCUT2D eigenvalue weighted by Gasteiger charge is 2.37. The van der Waals surface area contributed by atoms with E-state index in [4.69, 9.17) is 0 Å². The molecule has 1 aliphatic heterocycles. The Hall–Kier alpha value is -0.900.